The lowest BCUT2D eigenvalue weighted by Crippen LogP contribution is -1.98. The second-order valence-electron chi connectivity index (χ2n) is 2.59. The summed E-state index contributed by atoms with van der Waals surface area (Å²) in [4.78, 5) is 11.2. The molecule has 1 aromatic rings. The average Bonchev–Trinajstić information content (AvgIpc) is 2.20. The molecule has 0 unspecified atom stereocenters. The van der Waals surface area contributed by atoms with Crippen LogP contribution in [0.4, 0.5) is 0 Å². The monoisotopic (exact) mass is 178 g/mol. The number of ketones is 1. The lowest BCUT2D eigenvalue weighted by molar-refractivity contribution is 0.0987. The zero-order valence-corrected chi connectivity index (χ0v) is 8.92. The van der Waals surface area contributed by atoms with E-state index in [1.165, 1.54) is 0 Å². The van der Waals surface area contributed by atoms with Crippen molar-refractivity contribution in [1.82, 2.24) is 0 Å². The Morgan fingerprint density at radius 1 is 1.23 bits per heavy atom. The highest BCUT2D eigenvalue weighted by molar-refractivity contribution is 5.97. The summed E-state index contributed by atoms with van der Waals surface area (Å²) >= 11 is 0. The molecule has 0 saturated heterocycles. The fraction of sp³-hybridized carbons (Fsp3) is 0.417. The van der Waals surface area contributed by atoms with Crippen molar-refractivity contribution in [2.24, 2.45) is 0 Å². The molecule has 0 fully saturated rings. The van der Waals surface area contributed by atoms with E-state index in [0.717, 1.165) is 11.1 Å². The Balaban J connectivity index is 0.000000671. The Kier molecular flexibility index (Phi) is 5.86. The number of carbonyl (C=O) groups excluding carboxylic acids is 1. The number of rotatable bonds is 2. The summed E-state index contributed by atoms with van der Waals surface area (Å²) in [6.45, 7) is 7.84. The smallest absolute Gasteiger partial charge is 0.162 e. The van der Waals surface area contributed by atoms with Gasteiger partial charge in [0.2, 0.25) is 0 Å². The van der Waals surface area contributed by atoms with Gasteiger partial charge in [-0.25, -0.2) is 0 Å². The van der Waals surface area contributed by atoms with Crippen LogP contribution in [0.3, 0.4) is 0 Å². The maximum atomic E-state index is 11.2. The summed E-state index contributed by atoms with van der Waals surface area (Å²) < 4.78 is 0. The Bertz CT molecular complexity index is 264. The van der Waals surface area contributed by atoms with Crippen LogP contribution in [0, 0.1) is 6.92 Å². The van der Waals surface area contributed by atoms with Gasteiger partial charge in [-0.15, -0.1) is 0 Å². The van der Waals surface area contributed by atoms with Gasteiger partial charge in [-0.05, 0) is 12.5 Å². The van der Waals surface area contributed by atoms with Crippen molar-refractivity contribution in [2.75, 3.05) is 0 Å². The Morgan fingerprint density at radius 2 is 1.77 bits per heavy atom. The number of benzene rings is 1. The van der Waals surface area contributed by atoms with Gasteiger partial charge < -0.3 is 0 Å². The standard InChI is InChI=1S/C10H12O.C2H6/c1-3-10(11)9-7-5-4-6-8(9)2;1-2/h4-7H,3H2,1-2H3;1-2H3. The van der Waals surface area contributed by atoms with Crippen LogP contribution in [0.15, 0.2) is 24.3 Å². The molecule has 1 aromatic carbocycles. The Labute approximate surface area is 80.8 Å². The highest BCUT2D eigenvalue weighted by Gasteiger charge is 2.03. The first-order valence-electron chi connectivity index (χ1n) is 4.84. The molecule has 0 aliphatic carbocycles. The van der Waals surface area contributed by atoms with Crippen LogP contribution < -0.4 is 0 Å². The van der Waals surface area contributed by atoms with Gasteiger partial charge in [0.15, 0.2) is 5.78 Å². The minimum Gasteiger partial charge on any atom is -0.294 e. The van der Waals surface area contributed by atoms with Crippen molar-refractivity contribution >= 4 is 5.78 Å². The lowest BCUT2D eigenvalue weighted by atomic mass is 10.0. The van der Waals surface area contributed by atoms with Crippen molar-refractivity contribution in [3.05, 3.63) is 35.4 Å². The van der Waals surface area contributed by atoms with Gasteiger partial charge in [-0.2, -0.15) is 0 Å². The molecule has 0 bridgehead atoms. The molecule has 0 N–H and O–H groups in total. The van der Waals surface area contributed by atoms with Crippen LogP contribution in [0.2, 0.25) is 0 Å². The molecule has 0 atom stereocenters. The van der Waals surface area contributed by atoms with Crippen molar-refractivity contribution in [3.63, 3.8) is 0 Å². The van der Waals surface area contributed by atoms with Gasteiger partial charge in [0, 0.05) is 12.0 Å². The first-order valence-corrected chi connectivity index (χ1v) is 4.84. The third kappa shape index (κ3) is 3.41. The van der Waals surface area contributed by atoms with Gasteiger partial charge in [-0.1, -0.05) is 45.0 Å². The first-order chi connectivity index (χ1) is 6.25. The van der Waals surface area contributed by atoms with E-state index < -0.39 is 0 Å². The highest BCUT2D eigenvalue weighted by Crippen LogP contribution is 2.08. The van der Waals surface area contributed by atoms with E-state index in [2.05, 4.69) is 0 Å². The topological polar surface area (TPSA) is 17.1 Å². The number of hydrogen-bond acceptors (Lipinski definition) is 1. The molecule has 72 valence electrons. The van der Waals surface area contributed by atoms with Gasteiger partial charge in [-0.3, -0.25) is 4.79 Å². The molecule has 0 aliphatic heterocycles. The zero-order valence-electron chi connectivity index (χ0n) is 8.92. The van der Waals surface area contributed by atoms with Gasteiger partial charge >= 0.3 is 0 Å². The average molecular weight is 178 g/mol. The van der Waals surface area contributed by atoms with Crippen LogP contribution in [0.5, 0.6) is 0 Å². The number of aryl methyl sites for hydroxylation is 1. The van der Waals surface area contributed by atoms with Gasteiger partial charge in [0.05, 0.1) is 0 Å². The maximum absolute atomic E-state index is 11.2. The van der Waals surface area contributed by atoms with Crippen LogP contribution in [0.25, 0.3) is 0 Å². The molecule has 1 nitrogen and oxygen atoms in total. The predicted molar refractivity (Wildman–Crippen MR) is 57.1 cm³/mol. The van der Waals surface area contributed by atoms with E-state index in [1.807, 2.05) is 52.0 Å². The molecule has 0 spiro atoms. The second kappa shape index (κ2) is 6.41. The van der Waals surface area contributed by atoms with Crippen LogP contribution in [-0.2, 0) is 0 Å². The summed E-state index contributed by atoms with van der Waals surface area (Å²) in [6.07, 6.45) is 0.588. The molecular weight excluding hydrogens is 160 g/mol. The molecule has 1 heteroatoms. The molecule has 13 heavy (non-hydrogen) atoms. The summed E-state index contributed by atoms with van der Waals surface area (Å²) in [5.41, 5.74) is 1.93. The molecule has 0 aromatic heterocycles. The van der Waals surface area contributed by atoms with E-state index in [9.17, 15) is 4.79 Å². The molecule has 0 saturated carbocycles. The number of carbonyl (C=O) groups is 1. The zero-order chi connectivity index (χ0) is 10.3. The Hall–Kier alpha value is -1.11. The van der Waals surface area contributed by atoms with Gasteiger partial charge in [0.25, 0.3) is 0 Å². The van der Waals surface area contributed by atoms with Crippen LogP contribution in [0.1, 0.15) is 43.1 Å². The van der Waals surface area contributed by atoms with E-state index in [-0.39, 0.29) is 5.78 Å². The summed E-state index contributed by atoms with van der Waals surface area (Å²) in [6, 6.07) is 7.68. The molecule has 0 amide bonds. The normalized spacial score (nSPS) is 8.62. The Morgan fingerprint density at radius 3 is 2.23 bits per heavy atom. The molecule has 0 radical (unpaired) electrons. The van der Waals surface area contributed by atoms with Crippen molar-refractivity contribution in [2.45, 2.75) is 34.1 Å². The van der Waals surface area contributed by atoms with Gasteiger partial charge in [0.1, 0.15) is 0 Å². The summed E-state index contributed by atoms with van der Waals surface area (Å²) in [5, 5.41) is 0. The maximum Gasteiger partial charge on any atom is 0.162 e. The highest BCUT2D eigenvalue weighted by atomic mass is 16.1. The molecular formula is C12H18O. The second-order valence-corrected chi connectivity index (χ2v) is 2.59. The van der Waals surface area contributed by atoms with Crippen LogP contribution in [-0.4, -0.2) is 5.78 Å². The van der Waals surface area contributed by atoms with E-state index >= 15 is 0 Å². The SMILES string of the molecule is CC.CCC(=O)c1ccccc1C. The fourth-order valence-electron chi connectivity index (χ4n) is 1.08. The van der Waals surface area contributed by atoms with E-state index in [1.54, 1.807) is 0 Å². The molecule has 1 rings (SSSR count). The van der Waals surface area contributed by atoms with E-state index in [0.29, 0.717) is 6.42 Å². The van der Waals surface area contributed by atoms with Crippen molar-refractivity contribution in [3.8, 4) is 0 Å². The van der Waals surface area contributed by atoms with E-state index in [4.69, 9.17) is 0 Å². The van der Waals surface area contributed by atoms with Crippen molar-refractivity contribution in [1.29, 1.82) is 0 Å². The number of Topliss-reactive ketones (excluding diaryl/α,β-unsaturated/α-hetero) is 1. The number of hydrogen-bond donors (Lipinski definition) is 0. The summed E-state index contributed by atoms with van der Waals surface area (Å²) in [7, 11) is 0. The quantitative estimate of drug-likeness (QED) is 0.632. The lowest BCUT2D eigenvalue weighted by Gasteiger charge is -2.00. The molecule has 0 aliphatic rings. The minimum absolute atomic E-state index is 0.225. The first kappa shape index (κ1) is 11.9. The third-order valence-electron chi connectivity index (χ3n) is 1.77. The minimum atomic E-state index is 0.225. The fourth-order valence-corrected chi connectivity index (χ4v) is 1.08. The van der Waals surface area contributed by atoms with Crippen LogP contribution >= 0.6 is 0 Å². The summed E-state index contributed by atoms with van der Waals surface area (Å²) in [5.74, 6) is 0.225. The third-order valence-corrected chi connectivity index (χ3v) is 1.77. The molecule has 0 heterocycles. The van der Waals surface area contributed by atoms with Crippen molar-refractivity contribution < 1.29 is 4.79 Å². The largest absolute Gasteiger partial charge is 0.294 e. The predicted octanol–water partition coefficient (Wildman–Crippen LogP) is 3.61.